The Morgan fingerprint density at radius 1 is 1.04 bits per heavy atom. The first-order chi connectivity index (χ1) is 12.5. The monoisotopic (exact) mass is 357 g/mol. The number of carboxylic acids is 1. The van der Waals surface area contributed by atoms with Crippen molar-refractivity contribution in [3.63, 3.8) is 0 Å². The second-order valence-corrected chi connectivity index (χ2v) is 5.83. The standard InChI is InChI=1S/C20H23NO5/c1-14-6-3-4-7-16(14)13-26-20-15(8-5-9-17(20)25-2)12-21-18(22)10-11-19(23)24/h3-9H,10-13H2,1-2H3,(H,21,22)(H,23,24). The summed E-state index contributed by atoms with van der Waals surface area (Å²) in [5.74, 6) is -0.170. The number of benzene rings is 2. The van der Waals surface area contributed by atoms with Crippen LogP contribution in [0.25, 0.3) is 0 Å². The number of hydrogen-bond donors (Lipinski definition) is 2. The number of ether oxygens (including phenoxy) is 2. The molecule has 0 aliphatic rings. The number of para-hydroxylation sites is 1. The highest BCUT2D eigenvalue weighted by Gasteiger charge is 2.13. The van der Waals surface area contributed by atoms with E-state index in [1.165, 1.54) is 0 Å². The summed E-state index contributed by atoms with van der Waals surface area (Å²) in [6.07, 6.45) is -0.251. The van der Waals surface area contributed by atoms with E-state index in [9.17, 15) is 9.59 Å². The Labute approximate surface area is 152 Å². The minimum absolute atomic E-state index is 0.0568. The van der Waals surface area contributed by atoms with Gasteiger partial charge in [-0.2, -0.15) is 0 Å². The van der Waals surface area contributed by atoms with Gasteiger partial charge in [-0.25, -0.2) is 0 Å². The summed E-state index contributed by atoms with van der Waals surface area (Å²) in [7, 11) is 1.56. The number of amides is 1. The van der Waals surface area contributed by atoms with E-state index in [0.717, 1.165) is 16.7 Å². The Bertz CT molecular complexity index is 773. The second kappa shape index (κ2) is 9.46. The Balaban J connectivity index is 2.08. The van der Waals surface area contributed by atoms with Gasteiger partial charge in [0.25, 0.3) is 0 Å². The molecule has 0 spiro atoms. The van der Waals surface area contributed by atoms with E-state index < -0.39 is 5.97 Å². The largest absolute Gasteiger partial charge is 0.493 e. The molecule has 2 aromatic carbocycles. The molecule has 0 aliphatic carbocycles. The van der Waals surface area contributed by atoms with E-state index in [-0.39, 0.29) is 25.3 Å². The predicted octanol–water partition coefficient (Wildman–Crippen LogP) is 3.06. The average Bonchev–Trinajstić information content (AvgIpc) is 2.64. The summed E-state index contributed by atoms with van der Waals surface area (Å²) >= 11 is 0. The van der Waals surface area contributed by atoms with Gasteiger partial charge in [0.15, 0.2) is 11.5 Å². The van der Waals surface area contributed by atoms with Crippen molar-refractivity contribution in [3.8, 4) is 11.5 Å². The number of carbonyl (C=O) groups is 2. The van der Waals surface area contributed by atoms with Crippen LogP contribution in [-0.4, -0.2) is 24.1 Å². The van der Waals surface area contributed by atoms with Gasteiger partial charge in [-0.1, -0.05) is 36.4 Å². The van der Waals surface area contributed by atoms with Crippen LogP contribution in [0, 0.1) is 6.92 Å². The van der Waals surface area contributed by atoms with Crippen molar-refractivity contribution < 1.29 is 24.2 Å². The zero-order valence-electron chi connectivity index (χ0n) is 15.0. The molecule has 2 aromatic rings. The fourth-order valence-electron chi connectivity index (χ4n) is 2.45. The SMILES string of the molecule is COc1cccc(CNC(=O)CCC(=O)O)c1OCc1ccccc1C. The fraction of sp³-hybridized carbons (Fsp3) is 0.300. The van der Waals surface area contributed by atoms with Crippen molar-refractivity contribution in [1.29, 1.82) is 0 Å². The zero-order chi connectivity index (χ0) is 18.9. The zero-order valence-corrected chi connectivity index (χ0v) is 15.0. The number of aliphatic carboxylic acids is 1. The molecule has 0 aliphatic heterocycles. The highest BCUT2D eigenvalue weighted by molar-refractivity contribution is 5.80. The van der Waals surface area contributed by atoms with Gasteiger partial charge in [0.1, 0.15) is 6.61 Å². The lowest BCUT2D eigenvalue weighted by Crippen LogP contribution is -2.23. The summed E-state index contributed by atoms with van der Waals surface area (Å²) in [5, 5.41) is 11.4. The van der Waals surface area contributed by atoms with Crippen LogP contribution in [0.15, 0.2) is 42.5 Å². The van der Waals surface area contributed by atoms with Gasteiger partial charge in [0.2, 0.25) is 5.91 Å². The van der Waals surface area contributed by atoms with E-state index in [1.54, 1.807) is 13.2 Å². The molecule has 0 saturated carbocycles. The van der Waals surface area contributed by atoms with E-state index >= 15 is 0 Å². The number of carbonyl (C=O) groups excluding carboxylic acids is 1. The van der Waals surface area contributed by atoms with Gasteiger partial charge in [-0.15, -0.1) is 0 Å². The second-order valence-electron chi connectivity index (χ2n) is 5.83. The van der Waals surface area contributed by atoms with Crippen LogP contribution < -0.4 is 14.8 Å². The third-order valence-electron chi connectivity index (χ3n) is 3.96. The maximum atomic E-state index is 11.8. The number of methoxy groups -OCH3 is 1. The van der Waals surface area contributed by atoms with Crippen LogP contribution >= 0.6 is 0 Å². The van der Waals surface area contributed by atoms with Crippen LogP contribution in [0.4, 0.5) is 0 Å². The topological polar surface area (TPSA) is 84.9 Å². The molecule has 2 rings (SSSR count). The molecule has 0 unspecified atom stereocenters. The first-order valence-corrected chi connectivity index (χ1v) is 8.33. The highest BCUT2D eigenvalue weighted by Crippen LogP contribution is 2.32. The summed E-state index contributed by atoms with van der Waals surface area (Å²) < 4.78 is 11.4. The third kappa shape index (κ3) is 5.51. The minimum Gasteiger partial charge on any atom is -0.493 e. The Hall–Kier alpha value is -3.02. The molecular formula is C20H23NO5. The minimum atomic E-state index is -0.996. The Morgan fingerprint density at radius 3 is 2.46 bits per heavy atom. The van der Waals surface area contributed by atoms with E-state index in [4.69, 9.17) is 14.6 Å². The average molecular weight is 357 g/mol. The van der Waals surface area contributed by atoms with Crippen molar-refractivity contribution in [1.82, 2.24) is 5.32 Å². The van der Waals surface area contributed by atoms with Crippen LogP contribution in [-0.2, 0) is 22.7 Å². The highest BCUT2D eigenvalue weighted by atomic mass is 16.5. The van der Waals surface area contributed by atoms with Gasteiger partial charge >= 0.3 is 5.97 Å². The van der Waals surface area contributed by atoms with Gasteiger partial charge in [0.05, 0.1) is 13.5 Å². The molecule has 0 atom stereocenters. The summed E-state index contributed by atoms with van der Waals surface area (Å²) in [5.41, 5.74) is 2.96. The summed E-state index contributed by atoms with van der Waals surface area (Å²) in [6, 6.07) is 13.4. The molecule has 6 nitrogen and oxygen atoms in total. The number of aryl methyl sites for hydroxylation is 1. The first-order valence-electron chi connectivity index (χ1n) is 8.33. The summed E-state index contributed by atoms with van der Waals surface area (Å²) in [4.78, 5) is 22.3. The van der Waals surface area contributed by atoms with Crippen molar-refractivity contribution >= 4 is 11.9 Å². The molecule has 0 bridgehead atoms. The molecule has 0 saturated heterocycles. The lowest BCUT2D eigenvalue weighted by Gasteiger charge is -2.16. The van der Waals surface area contributed by atoms with Crippen LogP contribution in [0.5, 0.6) is 11.5 Å². The number of carboxylic acid groups (broad SMARTS) is 1. The molecule has 0 heterocycles. The van der Waals surface area contributed by atoms with E-state index in [1.807, 2.05) is 43.3 Å². The van der Waals surface area contributed by atoms with Gasteiger partial charge in [-0.3, -0.25) is 9.59 Å². The summed E-state index contributed by atoms with van der Waals surface area (Å²) in [6.45, 7) is 2.64. The number of nitrogens with one attached hydrogen (secondary N) is 1. The smallest absolute Gasteiger partial charge is 0.303 e. The van der Waals surface area contributed by atoms with Crippen molar-refractivity contribution in [2.75, 3.05) is 7.11 Å². The van der Waals surface area contributed by atoms with Crippen LogP contribution in [0.1, 0.15) is 29.5 Å². The van der Waals surface area contributed by atoms with Crippen molar-refractivity contribution in [2.45, 2.75) is 32.9 Å². The van der Waals surface area contributed by atoms with Crippen molar-refractivity contribution in [2.24, 2.45) is 0 Å². The maximum absolute atomic E-state index is 11.8. The molecule has 0 aromatic heterocycles. The number of hydrogen-bond acceptors (Lipinski definition) is 4. The first kappa shape index (κ1) is 19.3. The van der Waals surface area contributed by atoms with Crippen LogP contribution in [0.3, 0.4) is 0 Å². The van der Waals surface area contributed by atoms with Gasteiger partial charge < -0.3 is 19.9 Å². The molecule has 2 N–H and O–H groups in total. The molecule has 0 fully saturated rings. The molecule has 1 amide bonds. The molecule has 26 heavy (non-hydrogen) atoms. The Morgan fingerprint density at radius 2 is 1.77 bits per heavy atom. The van der Waals surface area contributed by atoms with E-state index in [0.29, 0.717) is 18.1 Å². The quantitative estimate of drug-likeness (QED) is 0.720. The maximum Gasteiger partial charge on any atom is 0.303 e. The molecule has 138 valence electrons. The van der Waals surface area contributed by atoms with Crippen LogP contribution in [0.2, 0.25) is 0 Å². The third-order valence-corrected chi connectivity index (χ3v) is 3.96. The van der Waals surface area contributed by atoms with Gasteiger partial charge in [-0.05, 0) is 24.1 Å². The predicted molar refractivity (Wildman–Crippen MR) is 97.2 cm³/mol. The fourth-order valence-corrected chi connectivity index (χ4v) is 2.45. The lowest BCUT2D eigenvalue weighted by atomic mass is 10.1. The van der Waals surface area contributed by atoms with Gasteiger partial charge in [0, 0.05) is 18.5 Å². The molecular weight excluding hydrogens is 334 g/mol. The Kier molecular flexibility index (Phi) is 7.02. The lowest BCUT2D eigenvalue weighted by molar-refractivity contribution is -0.138. The molecule has 0 radical (unpaired) electrons. The van der Waals surface area contributed by atoms with Crippen molar-refractivity contribution in [3.05, 3.63) is 59.2 Å². The molecule has 6 heteroatoms. The normalized spacial score (nSPS) is 10.2. The number of rotatable bonds is 9. The van der Waals surface area contributed by atoms with E-state index in [2.05, 4.69) is 5.32 Å².